The molecule has 0 aliphatic carbocycles. The van der Waals surface area contributed by atoms with Crippen molar-refractivity contribution < 1.29 is 17.9 Å². The molecule has 2 rings (SSSR count). The Balaban J connectivity index is 2.52. The second kappa shape index (κ2) is 6.29. The molecule has 21 heavy (non-hydrogen) atoms. The standard InChI is InChI=1S/C13H9BrClF3N2O/c1-21-6-9-10(14)11(15)20-12(19-9)7-3-2-4-8(5-7)13(16,17)18/h2-5H,6H2,1H3. The number of ether oxygens (including phenoxy) is 1. The van der Waals surface area contributed by atoms with Crippen molar-refractivity contribution in [3.8, 4) is 11.4 Å². The van der Waals surface area contributed by atoms with E-state index in [1.165, 1.54) is 19.2 Å². The van der Waals surface area contributed by atoms with Crippen molar-refractivity contribution in [3.05, 3.63) is 45.1 Å². The van der Waals surface area contributed by atoms with Crippen molar-refractivity contribution in [2.24, 2.45) is 0 Å². The van der Waals surface area contributed by atoms with Crippen molar-refractivity contribution in [2.45, 2.75) is 12.8 Å². The molecule has 0 amide bonds. The van der Waals surface area contributed by atoms with E-state index in [2.05, 4.69) is 25.9 Å². The molecular weight excluding hydrogens is 373 g/mol. The normalized spacial score (nSPS) is 11.7. The Morgan fingerprint density at radius 1 is 1.29 bits per heavy atom. The third-order valence-corrected chi connectivity index (χ3v) is 3.94. The van der Waals surface area contributed by atoms with Crippen LogP contribution in [0.25, 0.3) is 11.4 Å². The predicted molar refractivity (Wildman–Crippen MR) is 75.9 cm³/mol. The third-order valence-electron chi connectivity index (χ3n) is 2.61. The molecule has 0 fully saturated rings. The minimum absolute atomic E-state index is 0.112. The highest BCUT2D eigenvalue weighted by Crippen LogP contribution is 2.32. The highest BCUT2D eigenvalue weighted by atomic mass is 79.9. The Labute approximate surface area is 132 Å². The lowest BCUT2D eigenvalue weighted by Gasteiger charge is -2.10. The van der Waals surface area contributed by atoms with Gasteiger partial charge in [0.05, 0.1) is 22.3 Å². The fourth-order valence-corrected chi connectivity index (χ4v) is 2.14. The Hall–Kier alpha value is -1.18. The molecular formula is C13H9BrClF3N2O. The molecule has 0 saturated heterocycles. The molecule has 1 aromatic heterocycles. The molecule has 0 bridgehead atoms. The molecule has 112 valence electrons. The van der Waals surface area contributed by atoms with Crippen molar-refractivity contribution in [1.29, 1.82) is 0 Å². The fourth-order valence-electron chi connectivity index (χ4n) is 1.66. The summed E-state index contributed by atoms with van der Waals surface area (Å²) in [6, 6.07) is 4.76. The van der Waals surface area contributed by atoms with E-state index in [1.807, 2.05) is 0 Å². The van der Waals surface area contributed by atoms with Gasteiger partial charge in [0.2, 0.25) is 0 Å². The molecule has 0 N–H and O–H groups in total. The Kier molecular flexibility index (Phi) is 4.85. The van der Waals surface area contributed by atoms with Crippen LogP contribution < -0.4 is 0 Å². The van der Waals surface area contributed by atoms with Gasteiger partial charge in [-0.1, -0.05) is 23.7 Å². The number of alkyl halides is 3. The fraction of sp³-hybridized carbons (Fsp3) is 0.231. The van der Waals surface area contributed by atoms with Crippen LogP contribution in [0.3, 0.4) is 0 Å². The first kappa shape index (κ1) is 16.2. The summed E-state index contributed by atoms with van der Waals surface area (Å²) in [6.07, 6.45) is -4.43. The van der Waals surface area contributed by atoms with E-state index in [0.29, 0.717) is 10.2 Å². The summed E-state index contributed by atoms with van der Waals surface area (Å²) >= 11 is 9.18. The summed E-state index contributed by atoms with van der Waals surface area (Å²) in [5.41, 5.74) is -0.0718. The predicted octanol–water partition coefficient (Wildman–Crippen LogP) is 4.72. The quantitative estimate of drug-likeness (QED) is 0.721. The minimum atomic E-state index is -4.43. The molecule has 2 aromatic rings. The Bertz CT molecular complexity index is 664. The lowest BCUT2D eigenvalue weighted by molar-refractivity contribution is -0.137. The van der Waals surface area contributed by atoms with Crippen LogP contribution >= 0.6 is 27.5 Å². The van der Waals surface area contributed by atoms with Gasteiger partial charge in [0.1, 0.15) is 5.15 Å². The van der Waals surface area contributed by atoms with Crippen LogP contribution in [0, 0.1) is 0 Å². The molecule has 3 nitrogen and oxygen atoms in total. The zero-order valence-electron chi connectivity index (χ0n) is 10.7. The maximum Gasteiger partial charge on any atom is 0.416 e. The highest BCUT2D eigenvalue weighted by molar-refractivity contribution is 9.10. The van der Waals surface area contributed by atoms with Gasteiger partial charge in [-0.15, -0.1) is 0 Å². The third kappa shape index (κ3) is 3.72. The summed E-state index contributed by atoms with van der Waals surface area (Å²) in [6.45, 7) is 0.161. The molecule has 0 spiro atoms. The number of hydrogen-bond donors (Lipinski definition) is 0. The van der Waals surface area contributed by atoms with Crippen LogP contribution in [0.15, 0.2) is 28.7 Å². The van der Waals surface area contributed by atoms with Crippen LogP contribution in [0.4, 0.5) is 13.2 Å². The van der Waals surface area contributed by atoms with Crippen LogP contribution in [0.5, 0.6) is 0 Å². The average Bonchev–Trinajstić information content (AvgIpc) is 2.43. The molecule has 0 saturated carbocycles. The maximum atomic E-state index is 12.7. The van der Waals surface area contributed by atoms with Gasteiger partial charge in [0.15, 0.2) is 5.82 Å². The first-order valence-corrected chi connectivity index (χ1v) is 6.88. The maximum absolute atomic E-state index is 12.7. The van der Waals surface area contributed by atoms with Gasteiger partial charge in [0.25, 0.3) is 0 Å². The number of halogens is 5. The van der Waals surface area contributed by atoms with E-state index in [0.717, 1.165) is 12.1 Å². The highest BCUT2D eigenvalue weighted by Gasteiger charge is 2.30. The zero-order chi connectivity index (χ0) is 15.6. The van der Waals surface area contributed by atoms with Crippen molar-refractivity contribution >= 4 is 27.5 Å². The van der Waals surface area contributed by atoms with Gasteiger partial charge in [-0.3, -0.25) is 0 Å². The van der Waals surface area contributed by atoms with E-state index in [-0.39, 0.29) is 23.1 Å². The summed E-state index contributed by atoms with van der Waals surface area (Å²) in [5, 5.41) is 0.115. The van der Waals surface area contributed by atoms with Gasteiger partial charge in [-0.2, -0.15) is 13.2 Å². The Morgan fingerprint density at radius 2 is 2.00 bits per heavy atom. The Morgan fingerprint density at radius 3 is 2.62 bits per heavy atom. The number of rotatable bonds is 3. The molecule has 0 aliphatic heterocycles. The number of benzene rings is 1. The summed E-state index contributed by atoms with van der Waals surface area (Å²) in [4.78, 5) is 8.18. The van der Waals surface area contributed by atoms with Crippen LogP contribution in [0.1, 0.15) is 11.3 Å². The van der Waals surface area contributed by atoms with Crippen molar-refractivity contribution in [2.75, 3.05) is 7.11 Å². The van der Waals surface area contributed by atoms with Gasteiger partial charge < -0.3 is 4.74 Å². The second-order valence-corrected chi connectivity index (χ2v) is 5.26. The van der Waals surface area contributed by atoms with E-state index < -0.39 is 11.7 Å². The smallest absolute Gasteiger partial charge is 0.378 e. The van der Waals surface area contributed by atoms with Gasteiger partial charge >= 0.3 is 6.18 Å². The summed E-state index contributed by atoms with van der Waals surface area (Å²) < 4.78 is 43.6. The second-order valence-electron chi connectivity index (χ2n) is 4.11. The largest absolute Gasteiger partial charge is 0.416 e. The molecule has 0 aliphatic rings. The number of aromatic nitrogens is 2. The number of methoxy groups -OCH3 is 1. The molecule has 8 heteroatoms. The topological polar surface area (TPSA) is 35.0 Å². The van der Waals surface area contributed by atoms with Crippen LogP contribution in [0.2, 0.25) is 5.15 Å². The van der Waals surface area contributed by atoms with Gasteiger partial charge in [-0.05, 0) is 28.1 Å². The number of nitrogens with zero attached hydrogens (tertiary/aromatic N) is 2. The average molecular weight is 382 g/mol. The molecule has 0 unspecified atom stereocenters. The van der Waals surface area contributed by atoms with Crippen LogP contribution in [-0.2, 0) is 17.5 Å². The SMILES string of the molecule is COCc1nc(-c2cccc(C(F)(F)F)c2)nc(Cl)c1Br. The molecule has 0 atom stereocenters. The molecule has 0 radical (unpaired) electrons. The lowest BCUT2D eigenvalue weighted by Crippen LogP contribution is -2.05. The first-order valence-electron chi connectivity index (χ1n) is 5.71. The van der Waals surface area contributed by atoms with Crippen LogP contribution in [-0.4, -0.2) is 17.1 Å². The van der Waals surface area contributed by atoms with Crippen molar-refractivity contribution in [1.82, 2.24) is 9.97 Å². The van der Waals surface area contributed by atoms with E-state index in [4.69, 9.17) is 16.3 Å². The van der Waals surface area contributed by atoms with Gasteiger partial charge in [-0.25, -0.2) is 9.97 Å². The van der Waals surface area contributed by atoms with Crippen molar-refractivity contribution in [3.63, 3.8) is 0 Å². The summed E-state index contributed by atoms with van der Waals surface area (Å²) in [7, 11) is 1.48. The molecule has 1 heterocycles. The minimum Gasteiger partial charge on any atom is -0.378 e. The number of hydrogen-bond acceptors (Lipinski definition) is 3. The summed E-state index contributed by atoms with van der Waals surface area (Å²) in [5.74, 6) is 0.112. The van der Waals surface area contributed by atoms with E-state index in [9.17, 15) is 13.2 Å². The zero-order valence-corrected chi connectivity index (χ0v) is 13.1. The van der Waals surface area contributed by atoms with Gasteiger partial charge in [0, 0.05) is 12.7 Å². The van der Waals surface area contributed by atoms with E-state index >= 15 is 0 Å². The first-order chi connectivity index (χ1) is 9.82. The molecule has 1 aromatic carbocycles. The monoisotopic (exact) mass is 380 g/mol. The van der Waals surface area contributed by atoms with E-state index in [1.54, 1.807) is 0 Å². The lowest BCUT2D eigenvalue weighted by atomic mass is 10.1.